The van der Waals surface area contributed by atoms with Crippen molar-refractivity contribution in [3.05, 3.63) is 51.7 Å². The molecule has 1 aromatic carbocycles. The van der Waals surface area contributed by atoms with Crippen molar-refractivity contribution in [2.75, 3.05) is 23.7 Å². The molecule has 0 saturated heterocycles. The van der Waals surface area contributed by atoms with Crippen molar-refractivity contribution in [3.63, 3.8) is 0 Å². The lowest BCUT2D eigenvalue weighted by Crippen LogP contribution is -2.38. The van der Waals surface area contributed by atoms with Crippen LogP contribution in [-0.2, 0) is 10.0 Å². The Morgan fingerprint density at radius 3 is 2.61 bits per heavy atom. The van der Waals surface area contributed by atoms with Crippen molar-refractivity contribution in [3.8, 4) is 0 Å². The molecule has 1 N–H and O–H groups in total. The molecule has 0 atom stereocenters. The van der Waals surface area contributed by atoms with Gasteiger partial charge < -0.3 is 5.32 Å². The average molecular weight is 352 g/mol. The van der Waals surface area contributed by atoms with Gasteiger partial charge in [0.05, 0.1) is 23.4 Å². The molecule has 23 heavy (non-hydrogen) atoms. The number of hydrogen-bond acceptors (Lipinski definition) is 4. The van der Waals surface area contributed by atoms with E-state index in [9.17, 15) is 13.2 Å². The maximum atomic E-state index is 12.1. The number of amides is 1. The fourth-order valence-electron chi connectivity index (χ4n) is 2.22. The van der Waals surface area contributed by atoms with Crippen LogP contribution in [0, 0.1) is 13.8 Å². The molecule has 2 rings (SSSR count). The number of anilines is 1. The quantitative estimate of drug-likeness (QED) is 0.869. The van der Waals surface area contributed by atoms with E-state index >= 15 is 0 Å². The normalized spacial score (nSPS) is 11.3. The molecule has 1 heterocycles. The summed E-state index contributed by atoms with van der Waals surface area (Å²) in [5, 5.41) is 4.58. The highest BCUT2D eigenvalue weighted by molar-refractivity contribution is 7.92. The molecule has 1 aromatic heterocycles. The summed E-state index contributed by atoms with van der Waals surface area (Å²) in [5.74, 6) is -0.186. The number of thiophene rings is 1. The molecule has 0 aliphatic heterocycles. The van der Waals surface area contributed by atoms with Crippen molar-refractivity contribution in [2.24, 2.45) is 0 Å². The van der Waals surface area contributed by atoms with Crippen molar-refractivity contribution < 1.29 is 13.2 Å². The number of nitrogens with one attached hydrogen (secondary N) is 1. The number of hydrogen-bond donors (Lipinski definition) is 1. The predicted octanol–water partition coefficient (Wildman–Crippen LogP) is 2.56. The third-order valence-electron chi connectivity index (χ3n) is 3.38. The summed E-state index contributed by atoms with van der Waals surface area (Å²) < 4.78 is 25.6. The largest absolute Gasteiger partial charge is 0.350 e. The van der Waals surface area contributed by atoms with Crippen molar-refractivity contribution in [2.45, 2.75) is 13.8 Å². The van der Waals surface area contributed by atoms with Gasteiger partial charge in [0.25, 0.3) is 5.91 Å². The fraction of sp³-hybridized carbons (Fsp3) is 0.312. The van der Waals surface area contributed by atoms with E-state index in [0.717, 1.165) is 11.1 Å². The maximum Gasteiger partial charge on any atom is 0.261 e. The second-order valence-electron chi connectivity index (χ2n) is 5.36. The molecule has 0 unspecified atom stereocenters. The SMILES string of the molecule is Cc1ccc(C)c(N(CCNC(=O)c2cccs2)S(C)(=O)=O)c1. The molecule has 0 fully saturated rings. The van der Waals surface area contributed by atoms with Gasteiger partial charge in [0.15, 0.2) is 0 Å². The van der Waals surface area contributed by atoms with Crippen molar-refractivity contribution in [1.82, 2.24) is 5.32 Å². The second-order valence-corrected chi connectivity index (χ2v) is 8.21. The smallest absolute Gasteiger partial charge is 0.261 e. The Morgan fingerprint density at radius 2 is 2.00 bits per heavy atom. The number of carbonyl (C=O) groups excluding carboxylic acids is 1. The molecule has 5 nitrogen and oxygen atoms in total. The summed E-state index contributed by atoms with van der Waals surface area (Å²) in [5.41, 5.74) is 2.52. The van der Waals surface area contributed by atoms with E-state index in [1.807, 2.05) is 37.4 Å². The van der Waals surface area contributed by atoms with Crippen LogP contribution in [0.2, 0.25) is 0 Å². The van der Waals surface area contributed by atoms with E-state index in [2.05, 4.69) is 5.32 Å². The highest BCUT2D eigenvalue weighted by Gasteiger charge is 2.19. The number of sulfonamides is 1. The number of rotatable bonds is 6. The summed E-state index contributed by atoms with van der Waals surface area (Å²) in [4.78, 5) is 12.5. The van der Waals surface area contributed by atoms with Crippen LogP contribution in [0.1, 0.15) is 20.8 Å². The zero-order valence-corrected chi connectivity index (χ0v) is 15.0. The molecular weight excluding hydrogens is 332 g/mol. The van der Waals surface area contributed by atoms with E-state index in [-0.39, 0.29) is 19.0 Å². The van der Waals surface area contributed by atoms with Crippen LogP contribution in [0.25, 0.3) is 0 Å². The van der Waals surface area contributed by atoms with Gasteiger partial charge in [0.2, 0.25) is 10.0 Å². The van der Waals surface area contributed by atoms with E-state index in [1.165, 1.54) is 21.9 Å². The average Bonchev–Trinajstić information content (AvgIpc) is 2.99. The summed E-state index contributed by atoms with van der Waals surface area (Å²) in [6.07, 6.45) is 1.18. The molecule has 0 bridgehead atoms. The van der Waals surface area contributed by atoms with Gasteiger partial charge in [-0.2, -0.15) is 0 Å². The summed E-state index contributed by atoms with van der Waals surface area (Å²) in [7, 11) is -3.42. The van der Waals surface area contributed by atoms with Gasteiger partial charge in [-0.1, -0.05) is 18.2 Å². The molecule has 0 aliphatic rings. The number of benzene rings is 1. The Balaban J connectivity index is 2.11. The van der Waals surface area contributed by atoms with E-state index in [4.69, 9.17) is 0 Å². The van der Waals surface area contributed by atoms with Gasteiger partial charge >= 0.3 is 0 Å². The number of aryl methyl sites for hydroxylation is 2. The lowest BCUT2D eigenvalue weighted by Gasteiger charge is -2.24. The first-order valence-corrected chi connectivity index (χ1v) is 9.88. The Hall–Kier alpha value is -1.86. The number of carbonyl (C=O) groups is 1. The summed E-state index contributed by atoms with van der Waals surface area (Å²) >= 11 is 1.35. The summed E-state index contributed by atoms with van der Waals surface area (Å²) in [6, 6.07) is 9.22. The predicted molar refractivity (Wildman–Crippen MR) is 94.8 cm³/mol. The first kappa shape index (κ1) is 17.5. The fourth-order valence-corrected chi connectivity index (χ4v) is 3.84. The van der Waals surface area contributed by atoms with Crippen LogP contribution < -0.4 is 9.62 Å². The van der Waals surface area contributed by atoms with Crippen LogP contribution >= 0.6 is 11.3 Å². The highest BCUT2D eigenvalue weighted by Crippen LogP contribution is 2.23. The van der Waals surface area contributed by atoms with Crippen LogP contribution in [0.15, 0.2) is 35.7 Å². The molecule has 0 saturated carbocycles. The molecule has 7 heteroatoms. The molecule has 2 aromatic rings. The number of nitrogens with zero attached hydrogens (tertiary/aromatic N) is 1. The topological polar surface area (TPSA) is 66.5 Å². The summed E-state index contributed by atoms with van der Waals surface area (Å²) in [6.45, 7) is 4.23. The molecular formula is C16H20N2O3S2. The second kappa shape index (κ2) is 7.14. The molecule has 0 aliphatic carbocycles. The Kier molecular flexibility index (Phi) is 5.43. The minimum Gasteiger partial charge on any atom is -0.350 e. The first-order valence-electron chi connectivity index (χ1n) is 7.15. The monoisotopic (exact) mass is 352 g/mol. The molecule has 0 spiro atoms. The lowest BCUT2D eigenvalue weighted by atomic mass is 10.1. The highest BCUT2D eigenvalue weighted by atomic mass is 32.2. The third kappa shape index (κ3) is 4.56. The van der Waals surface area contributed by atoms with Gasteiger partial charge in [-0.25, -0.2) is 8.42 Å². The minimum absolute atomic E-state index is 0.186. The zero-order chi connectivity index (χ0) is 17.0. The van der Waals surface area contributed by atoms with Gasteiger partial charge in [0.1, 0.15) is 0 Å². The Labute approximate surface area is 141 Å². The van der Waals surface area contributed by atoms with Crippen LogP contribution in [0.5, 0.6) is 0 Å². The molecule has 0 radical (unpaired) electrons. The lowest BCUT2D eigenvalue weighted by molar-refractivity contribution is 0.0959. The first-order chi connectivity index (χ1) is 10.8. The van der Waals surface area contributed by atoms with Crippen molar-refractivity contribution in [1.29, 1.82) is 0 Å². The van der Waals surface area contributed by atoms with Gasteiger partial charge in [-0.05, 0) is 42.5 Å². The van der Waals surface area contributed by atoms with Crippen molar-refractivity contribution >= 4 is 33.0 Å². The minimum atomic E-state index is -3.42. The van der Waals surface area contributed by atoms with Gasteiger partial charge in [-0.3, -0.25) is 9.10 Å². The Bertz CT molecular complexity index is 784. The standard InChI is InChI=1S/C16H20N2O3S2/c1-12-6-7-13(2)14(11-12)18(23(3,20)21)9-8-17-16(19)15-5-4-10-22-15/h4-7,10-11H,8-9H2,1-3H3,(H,17,19). The molecule has 124 valence electrons. The van der Waals surface area contributed by atoms with E-state index < -0.39 is 10.0 Å². The van der Waals surface area contributed by atoms with Crippen LogP contribution in [-0.4, -0.2) is 33.7 Å². The van der Waals surface area contributed by atoms with E-state index in [0.29, 0.717) is 10.6 Å². The van der Waals surface area contributed by atoms with Crippen LogP contribution in [0.3, 0.4) is 0 Å². The van der Waals surface area contributed by atoms with Crippen LogP contribution in [0.4, 0.5) is 5.69 Å². The van der Waals surface area contributed by atoms with E-state index in [1.54, 1.807) is 12.1 Å². The van der Waals surface area contributed by atoms with Gasteiger partial charge in [-0.15, -0.1) is 11.3 Å². The maximum absolute atomic E-state index is 12.1. The third-order valence-corrected chi connectivity index (χ3v) is 5.43. The molecule has 1 amide bonds. The Morgan fingerprint density at radius 1 is 1.26 bits per heavy atom. The zero-order valence-electron chi connectivity index (χ0n) is 13.4. The van der Waals surface area contributed by atoms with Gasteiger partial charge in [0, 0.05) is 6.54 Å².